The highest BCUT2D eigenvalue weighted by Crippen LogP contribution is 2.30. The Morgan fingerprint density at radius 2 is 1.79 bits per heavy atom. The minimum Gasteiger partial charge on any atom is -0.490 e. The smallest absolute Gasteiger partial charge is 0.219 e. The maximum atomic E-state index is 5.95. The van der Waals surface area contributed by atoms with Crippen molar-refractivity contribution in [1.29, 1.82) is 0 Å². The fraction of sp³-hybridized carbons (Fsp3) is 0.182. The molecule has 0 spiro atoms. The average Bonchev–Trinajstić information content (AvgIpc) is 2.71. The monoisotopic (exact) mass is 376 g/mol. The van der Waals surface area contributed by atoms with Gasteiger partial charge in [0, 0.05) is 18.0 Å². The molecule has 0 aliphatic rings. The quantitative estimate of drug-likeness (QED) is 0.468. The van der Waals surface area contributed by atoms with Gasteiger partial charge in [0.2, 0.25) is 5.88 Å². The van der Waals surface area contributed by atoms with Gasteiger partial charge < -0.3 is 20.5 Å². The average molecular weight is 376 g/mol. The topological polar surface area (TPSA) is 81.8 Å². The van der Waals surface area contributed by atoms with Gasteiger partial charge in [0.1, 0.15) is 0 Å². The Labute approximate surface area is 165 Å². The number of aliphatic imine (C=N–C) groups is 1. The van der Waals surface area contributed by atoms with Crippen molar-refractivity contribution in [2.45, 2.75) is 20.4 Å². The summed E-state index contributed by atoms with van der Waals surface area (Å²) in [5, 5.41) is 3.07. The van der Waals surface area contributed by atoms with Crippen LogP contribution in [-0.4, -0.2) is 17.6 Å². The largest absolute Gasteiger partial charge is 0.490 e. The lowest BCUT2D eigenvalue weighted by molar-refractivity contribution is 0.319. The molecule has 3 N–H and O–H groups in total. The Morgan fingerprint density at radius 3 is 2.46 bits per heavy atom. The van der Waals surface area contributed by atoms with Crippen LogP contribution in [0, 0.1) is 6.92 Å². The van der Waals surface area contributed by atoms with E-state index in [4.69, 9.17) is 15.2 Å². The van der Waals surface area contributed by atoms with Crippen LogP contribution in [0.15, 0.2) is 71.9 Å². The summed E-state index contributed by atoms with van der Waals surface area (Å²) in [5.41, 5.74) is 8.98. The molecule has 0 unspecified atom stereocenters. The van der Waals surface area contributed by atoms with E-state index in [0.717, 1.165) is 11.3 Å². The van der Waals surface area contributed by atoms with Crippen molar-refractivity contribution in [3.8, 4) is 17.4 Å². The Morgan fingerprint density at radius 1 is 1.04 bits per heavy atom. The van der Waals surface area contributed by atoms with E-state index in [2.05, 4.69) is 15.3 Å². The molecule has 28 heavy (non-hydrogen) atoms. The predicted octanol–water partition coefficient (Wildman–Crippen LogP) is 4.51. The summed E-state index contributed by atoms with van der Waals surface area (Å²) in [5.74, 6) is 2.17. The van der Waals surface area contributed by atoms with Gasteiger partial charge in [0.15, 0.2) is 17.5 Å². The summed E-state index contributed by atoms with van der Waals surface area (Å²) in [6.07, 6.45) is 1.72. The standard InChI is InChI=1S/C22H24N4O2/c1-3-27-19-6-4-5-7-20(19)28-21-13-10-17(14-24-21)15-25-22(23)26-18-11-8-16(2)9-12-18/h4-14H,3,15H2,1-2H3,(H3,23,25,26). The molecule has 0 amide bonds. The van der Waals surface area contributed by atoms with E-state index in [1.807, 2.05) is 68.4 Å². The first-order chi connectivity index (χ1) is 13.6. The van der Waals surface area contributed by atoms with E-state index in [1.54, 1.807) is 12.3 Å². The number of ether oxygens (including phenoxy) is 2. The van der Waals surface area contributed by atoms with Gasteiger partial charge in [-0.1, -0.05) is 35.9 Å². The van der Waals surface area contributed by atoms with Crippen LogP contribution < -0.4 is 20.5 Å². The zero-order chi connectivity index (χ0) is 19.8. The van der Waals surface area contributed by atoms with Crippen LogP contribution in [0.1, 0.15) is 18.1 Å². The van der Waals surface area contributed by atoms with Crippen molar-refractivity contribution >= 4 is 11.6 Å². The first-order valence-corrected chi connectivity index (χ1v) is 9.12. The number of aryl methyl sites for hydroxylation is 1. The molecule has 6 nitrogen and oxygen atoms in total. The molecular formula is C22H24N4O2. The Kier molecular flexibility index (Phi) is 6.46. The number of rotatable bonds is 7. The summed E-state index contributed by atoms with van der Waals surface area (Å²) in [4.78, 5) is 8.69. The molecule has 1 aromatic heterocycles. The predicted molar refractivity (Wildman–Crippen MR) is 112 cm³/mol. The summed E-state index contributed by atoms with van der Waals surface area (Å²) in [7, 11) is 0. The highest BCUT2D eigenvalue weighted by molar-refractivity contribution is 5.92. The number of nitrogens with one attached hydrogen (secondary N) is 1. The number of benzene rings is 2. The highest BCUT2D eigenvalue weighted by Gasteiger charge is 2.06. The minimum absolute atomic E-state index is 0.356. The summed E-state index contributed by atoms with van der Waals surface area (Å²) in [6.45, 7) is 4.97. The normalized spacial score (nSPS) is 11.1. The molecule has 3 aromatic rings. The van der Waals surface area contributed by atoms with Gasteiger partial charge >= 0.3 is 0 Å². The van der Waals surface area contributed by atoms with E-state index in [-0.39, 0.29) is 0 Å². The summed E-state index contributed by atoms with van der Waals surface area (Å²) < 4.78 is 11.4. The molecule has 2 aromatic carbocycles. The third-order valence-electron chi connectivity index (χ3n) is 3.92. The molecule has 0 aliphatic heterocycles. The van der Waals surface area contributed by atoms with E-state index >= 15 is 0 Å². The number of hydrogen-bond acceptors (Lipinski definition) is 4. The van der Waals surface area contributed by atoms with Crippen LogP contribution in [0.5, 0.6) is 17.4 Å². The molecule has 0 fully saturated rings. The Balaban J connectivity index is 1.59. The first-order valence-electron chi connectivity index (χ1n) is 9.12. The molecule has 0 saturated carbocycles. The summed E-state index contributed by atoms with van der Waals surface area (Å²) in [6, 6.07) is 19.2. The molecule has 144 valence electrons. The van der Waals surface area contributed by atoms with Crippen LogP contribution in [0.4, 0.5) is 5.69 Å². The number of pyridine rings is 1. The number of para-hydroxylation sites is 2. The molecule has 0 bridgehead atoms. The second-order valence-electron chi connectivity index (χ2n) is 6.18. The second-order valence-corrected chi connectivity index (χ2v) is 6.18. The SMILES string of the molecule is CCOc1ccccc1Oc1ccc(CN=C(N)Nc2ccc(C)cc2)cn1. The van der Waals surface area contributed by atoms with Gasteiger partial charge in [-0.2, -0.15) is 0 Å². The molecule has 1 heterocycles. The third-order valence-corrected chi connectivity index (χ3v) is 3.92. The van der Waals surface area contributed by atoms with Crippen molar-refractivity contribution < 1.29 is 9.47 Å². The zero-order valence-electron chi connectivity index (χ0n) is 16.1. The van der Waals surface area contributed by atoms with Gasteiger partial charge in [0.05, 0.1) is 13.2 Å². The fourth-order valence-corrected chi connectivity index (χ4v) is 2.49. The molecular weight excluding hydrogens is 352 g/mol. The maximum Gasteiger partial charge on any atom is 0.219 e. The second kappa shape index (κ2) is 9.41. The van der Waals surface area contributed by atoms with Gasteiger partial charge in [-0.05, 0) is 43.7 Å². The fourth-order valence-electron chi connectivity index (χ4n) is 2.49. The first kappa shape index (κ1) is 19.2. The lowest BCUT2D eigenvalue weighted by Gasteiger charge is -2.10. The van der Waals surface area contributed by atoms with Gasteiger partial charge in [-0.25, -0.2) is 9.98 Å². The van der Waals surface area contributed by atoms with E-state index in [1.165, 1.54) is 5.56 Å². The number of guanidine groups is 1. The van der Waals surface area contributed by atoms with Crippen molar-refractivity contribution in [3.63, 3.8) is 0 Å². The summed E-state index contributed by atoms with van der Waals surface area (Å²) >= 11 is 0. The van der Waals surface area contributed by atoms with Gasteiger partial charge in [-0.3, -0.25) is 0 Å². The number of aromatic nitrogens is 1. The highest BCUT2D eigenvalue weighted by atomic mass is 16.5. The number of anilines is 1. The Hall–Kier alpha value is -3.54. The van der Waals surface area contributed by atoms with Crippen LogP contribution in [-0.2, 0) is 6.54 Å². The van der Waals surface area contributed by atoms with Gasteiger partial charge in [0.25, 0.3) is 0 Å². The molecule has 0 radical (unpaired) electrons. The maximum absolute atomic E-state index is 5.95. The molecule has 0 atom stereocenters. The van der Waals surface area contributed by atoms with Crippen LogP contribution in [0.2, 0.25) is 0 Å². The molecule has 3 rings (SSSR count). The molecule has 0 saturated heterocycles. The van der Waals surface area contributed by atoms with E-state index in [0.29, 0.717) is 36.5 Å². The minimum atomic E-state index is 0.356. The van der Waals surface area contributed by atoms with Gasteiger partial charge in [-0.15, -0.1) is 0 Å². The number of nitrogens with zero attached hydrogens (tertiary/aromatic N) is 2. The Bertz CT molecular complexity index is 922. The molecule has 6 heteroatoms. The number of nitrogens with two attached hydrogens (primary N) is 1. The van der Waals surface area contributed by atoms with Crippen LogP contribution in [0.25, 0.3) is 0 Å². The molecule has 0 aliphatic carbocycles. The van der Waals surface area contributed by atoms with Crippen molar-refractivity contribution in [1.82, 2.24) is 4.98 Å². The van der Waals surface area contributed by atoms with E-state index < -0.39 is 0 Å². The van der Waals surface area contributed by atoms with E-state index in [9.17, 15) is 0 Å². The van der Waals surface area contributed by atoms with Crippen molar-refractivity contribution in [2.75, 3.05) is 11.9 Å². The van der Waals surface area contributed by atoms with Crippen molar-refractivity contribution in [3.05, 3.63) is 78.0 Å². The third kappa shape index (κ3) is 5.48. The van der Waals surface area contributed by atoms with Crippen LogP contribution in [0.3, 0.4) is 0 Å². The zero-order valence-corrected chi connectivity index (χ0v) is 16.1. The lowest BCUT2D eigenvalue weighted by atomic mass is 10.2. The van der Waals surface area contributed by atoms with Crippen LogP contribution >= 0.6 is 0 Å². The number of hydrogen-bond donors (Lipinski definition) is 2. The van der Waals surface area contributed by atoms with Crippen molar-refractivity contribution in [2.24, 2.45) is 10.7 Å². The lowest BCUT2D eigenvalue weighted by Crippen LogP contribution is -2.22.